The van der Waals surface area contributed by atoms with Gasteiger partial charge in [0.2, 0.25) is 0 Å². The number of aromatic hydroxyl groups is 1. The Labute approximate surface area is 73.8 Å². The van der Waals surface area contributed by atoms with Crippen molar-refractivity contribution in [3.63, 3.8) is 0 Å². The fraction of sp³-hybridized carbons (Fsp3) is 0.143. The lowest BCUT2D eigenvalue weighted by Crippen LogP contribution is -2.01. The van der Waals surface area contributed by atoms with Crippen molar-refractivity contribution in [3.05, 3.63) is 23.0 Å². The monoisotopic (exact) mass is 187 g/mol. The molecule has 0 atom stereocenters. The molecular formula is C7H6ClNO3. The number of esters is 1. The molecule has 0 aliphatic rings. The van der Waals surface area contributed by atoms with Crippen LogP contribution in [0.3, 0.4) is 0 Å². The van der Waals surface area contributed by atoms with Crippen molar-refractivity contribution in [2.24, 2.45) is 0 Å². The highest BCUT2D eigenvalue weighted by atomic mass is 35.5. The fourth-order valence-electron chi connectivity index (χ4n) is 0.666. The van der Waals surface area contributed by atoms with Crippen LogP contribution in [0.15, 0.2) is 12.3 Å². The zero-order valence-electron chi connectivity index (χ0n) is 6.24. The van der Waals surface area contributed by atoms with Crippen molar-refractivity contribution in [1.29, 1.82) is 0 Å². The number of nitrogens with zero attached hydrogens (tertiary/aromatic N) is 1. The Morgan fingerprint density at radius 2 is 2.42 bits per heavy atom. The number of pyridine rings is 1. The molecule has 64 valence electrons. The third kappa shape index (κ3) is 1.65. The Morgan fingerprint density at radius 3 is 2.92 bits per heavy atom. The van der Waals surface area contributed by atoms with Crippen LogP contribution >= 0.6 is 11.6 Å². The number of aromatic nitrogens is 1. The maximum atomic E-state index is 10.9. The van der Waals surface area contributed by atoms with Crippen molar-refractivity contribution in [3.8, 4) is 5.75 Å². The lowest BCUT2D eigenvalue weighted by Gasteiger charge is -1.99. The summed E-state index contributed by atoms with van der Waals surface area (Å²) in [7, 11) is 1.24. The van der Waals surface area contributed by atoms with Crippen molar-refractivity contribution in [2.75, 3.05) is 7.11 Å². The molecule has 1 heterocycles. The van der Waals surface area contributed by atoms with E-state index in [9.17, 15) is 4.79 Å². The van der Waals surface area contributed by atoms with E-state index < -0.39 is 5.97 Å². The van der Waals surface area contributed by atoms with Crippen LogP contribution < -0.4 is 0 Å². The number of hydrogen-bond acceptors (Lipinski definition) is 4. The summed E-state index contributed by atoms with van der Waals surface area (Å²) in [6.07, 6.45) is 1.23. The minimum absolute atomic E-state index is 0.0392. The average Bonchev–Trinajstić information content (AvgIpc) is 2.08. The van der Waals surface area contributed by atoms with Crippen molar-refractivity contribution < 1.29 is 14.6 Å². The molecule has 0 aliphatic carbocycles. The van der Waals surface area contributed by atoms with Gasteiger partial charge in [-0.2, -0.15) is 0 Å². The molecule has 0 fully saturated rings. The fourth-order valence-corrected chi connectivity index (χ4v) is 0.769. The third-order valence-corrected chi connectivity index (χ3v) is 1.53. The zero-order valence-corrected chi connectivity index (χ0v) is 7.00. The number of hydrogen-bond donors (Lipinski definition) is 1. The van der Waals surface area contributed by atoms with E-state index in [1.807, 2.05) is 0 Å². The van der Waals surface area contributed by atoms with Gasteiger partial charge in [0, 0.05) is 6.20 Å². The van der Waals surface area contributed by atoms with E-state index in [1.54, 1.807) is 0 Å². The van der Waals surface area contributed by atoms with Crippen LogP contribution in [0.25, 0.3) is 0 Å². The van der Waals surface area contributed by atoms with Gasteiger partial charge in [-0.15, -0.1) is 0 Å². The molecule has 0 amide bonds. The predicted molar refractivity (Wildman–Crippen MR) is 42.3 cm³/mol. The molecule has 0 aromatic carbocycles. The Morgan fingerprint density at radius 1 is 1.75 bits per heavy atom. The lowest BCUT2D eigenvalue weighted by atomic mass is 10.3. The van der Waals surface area contributed by atoms with E-state index in [1.165, 1.54) is 19.4 Å². The van der Waals surface area contributed by atoms with Crippen molar-refractivity contribution in [2.45, 2.75) is 0 Å². The number of rotatable bonds is 1. The Kier molecular flexibility index (Phi) is 2.50. The number of halogens is 1. The molecule has 1 N–H and O–H groups in total. The summed E-state index contributed by atoms with van der Waals surface area (Å²) >= 11 is 5.42. The van der Waals surface area contributed by atoms with Crippen LogP contribution in [-0.2, 0) is 4.74 Å². The molecule has 0 radical (unpaired) electrons. The normalized spacial score (nSPS) is 9.50. The van der Waals surface area contributed by atoms with Crippen LogP contribution in [0.4, 0.5) is 0 Å². The molecule has 1 aromatic heterocycles. The van der Waals surface area contributed by atoms with E-state index in [0.29, 0.717) is 0 Å². The van der Waals surface area contributed by atoms with Gasteiger partial charge in [-0.3, -0.25) is 0 Å². The van der Waals surface area contributed by atoms with Gasteiger partial charge in [0.25, 0.3) is 0 Å². The summed E-state index contributed by atoms with van der Waals surface area (Å²) in [5.41, 5.74) is 0.166. The van der Waals surface area contributed by atoms with E-state index in [-0.39, 0.29) is 16.5 Å². The first kappa shape index (κ1) is 8.80. The molecule has 5 heteroatoms. The lowest BCUT2D eigenvalue weighted by molar-refractivity contribution is 0.0600. The van der Waals surface area contributed by atoms with Crippen molar-refractivity contribution >= 4 is 17.6 Å². The molecule has 0 bridgehead atoms. The Balaban J connectivity index is 3.05. The topological polar surface area (TPSA) is 59.4 Å². The molecule has 1 aromatic rings. The van der Waals surface area contributed by atoms with E-state index >= 15 is 0 Å². The number of carbonyl (C=O) groups is 1. The summed E-state index contributed by atoms with van der Waals surface area (Å²) in [5.74, 6) is -0.797. The molecular weight excluding hydrogens is 182 g/mol. The molecule has 0 aliphatic heterocycles. The van der Waals surface area contributed by atoms with Gasteiger partial charge >= 0.3 is 5.97 Å². The number of methoxy groups -OCH3 is 1. The molecule has 4 nitrogen and oxygen atoms in total. The predicted octanol–water partition coefficient (Wildman–Crippen LogP) is 1.23. The van der Waals surface area contributed by atoms with Crippen LogP contribution in [0.5, 0.6) is 5.75 Å². The second-order valence-corrected chi connectivity index (χ2v) is 2.38. The quantitative estimate of drug-likeness (QED) is 0.531. The molecule has 12 heavy (non-hydrogen) atoms. The average molecular weight is 188 g/mol. The maximum absolute atomic E-state index is 10.9. The van der Waals surface area contributed by atoms with Gasteiger partial charge in [-0.1, -0.05) is 11.6 Å². The van der Waals surface area contributed by atoms with Gasteiger partial charge in [-0.25, -0.2) is 9.78 Å². The maximum Gasteiger partial charge on any atom is 0.339 e. The Hall–Kier alpha value is -1.29. The molecule has 0 unspecified atom stereocenters. The summed E-state index contributed by atoms with van der Waals surface area (Å²) in [6.45, 7) is 0. The second kappa shape index (κ2) is 3.40. The van der Waals surface area contributed by atoms with E-state index in [2.05, 4.69) is 9.72 Å². The highest BCUT2D eigenvalue weighted by Crippen LogP contribution is 2.20. The minimum atomic E-state index is -0.561. The summed E-state index contributed by atoms with van der Waals surface area (Å²) < 4.78 is 4.40. The third-order valence-electron chi connectivity index (χ3n) is 1.24. The van der Waals surface area contributed by atoms with Crippen molar-refractivity contribution in [1.82, 2.24) is 4.98 Å². The van der Waals surface area contributed by atoms with E-state index in [0.717, 1.165) is 0 Å². The summed E-state index contributed by atoms with van der Waals surface area (Å²) in [5, 5.41) is 9.00. The highest BCUT2D eigenvalue weighted by Gasteiger charge is 2.08. The zero-order chi connectivity index (χ0) is 9.14. The highest BCUT2D eigenvalue weighted by molar-refractivity contribution is 6.30. The number of carbonyl (C=O) groups excluding carboxylic acids is 1. The first-order valence-corrected chi connectivity index (χ1v) is 3.45. The largest absolute Gasteiger partial charge is 0.505 e. The summed E-state index contributed by atoms with van der Waals surface area (Å²) in [6, 6.07) is 1.20. The van der Waals surface area contributed by atoms with Gasteiger partial charge in [0.15, 0.2) is 10.9 Å². The molecule has 0 saturated heterocycles. The van der Waals surface area contributed by atoms with Gasteiger partial charge < -0.3 is 9.84 Å². The van der Waals surface area contributed by atoms with Crippen LogP contribution in [0, 0.1) is 0 Å². The second-order valence-electron chi connectivity index (χ2n) is 2.03. The SMILES string of the molecule is COC(=O)c1cnc(Cl)c(O)c1. The van der Waals surface area contributed by atoms with Crippen LogP contribution in [0.2, 0.25) is 5.15 Å². The van der Waals surface area contributed by atoms with Gasteiger partial charge in [0.1, 0.15) is 0 Å². The first-order chi connectivity index (χ1) is 5.65. The molecule has 0 saturated carbocycles. The summed E-state index contributed by atoms with van der Waals surface area (Å²) in [4.78, 5) is 14.4. The molecule has 0 spiro atoms. The Bertz CT molecular complexity index is 314. The number of ether oxygens (including phenoxy) is 1. The smallest absolute Gasteiger partial charge is 0.339 e. The van der Waals surface area contributed by atoms with Crippen LogP contribution in [0.1, 0.15) is 10.4 Å². The minimum Gasteiger partial charge on any atom is -0.505 e. The first-order valence-electron chi connectivity index (χ1n) is 3.08. The van der Waals surface area contributed by atoms with Crippen LogP contribution in [-0.4, -0.2) is 23.2 Å². The molecule has 1 rings (SSSR count). The van der Waals surface area contributed by atoms with Gasteiger partial charge in [0.05, 0.1) is 12.7 Å². The van der Waals surface area contributed by atoms with Gasteiger partial charge in [-0.05, 0) is 6.07 Å². The van der Waals surface area contributed by atoms with E-state index in [4.69, 9.17) is 16.7 Å². The standard InChI is InChI=1S/C7H6ClNO3/c1-12-7(11)4-2-5(10)6(8)9-3-4/h2-3,10H,1H3.